The first kappa shape index (κ1) is 23.6. The van der Waals surface area contributed by atoms with Gasteiger partial charge in [0.05, 0.1) is 53.9 Å². The van der Waals surface area contributed by atoms with Crippen molar-refractivity contribution in [1.29, 1.82) is 0 Å². The smallest absolute Gasteiger partial charge is 0.244 e. The second kappa shape index (κ2) is 9.60. The van der Waals surface area contributed by atoms with Crippen LogP contribution in [0.25, 0.3) is 22.4 Å². The van der Waals surface area contributed by atoms with E-state index in [1.807, 2.05) is 0 Å². The lowest BCUT2D eigenvalue weighted by atomic mass is 9.99. The van der Waals surface area contributed by atoms with Gasteiger partial charge in [-0.25, -0.2) is 0 Å². The third-order valence-electron chi connectivity index (χ3n) is 5.10. The predicted octanol–water partition coefficient (Wildman–Crippen LogP) is 3.51. The summed E-state index contributed by atoms with van der Waals surface area (Å²) < 4.78 is 34.0. The zero-order valence-electron chi connectivity index (χ0n) is 19.6. The highest BCUT2D eigenvalue weighted by atomic mass is 16.5. The molecule has 0 bridgehead atoms. The highest BCUT2D eigenvalue weighted by Crippen LogP contribution is 2.47. The predicted molar refractivity (Wildman–Crippen MR) is 123 cm³/mol. The van der Waals surface area contributed by atoms with Crippen LogP contribution >= 0.6 is 0 Å². The molecule has 2 aromatic carbocycles. The van der Waals surface area contributed by atoms with Gasteiger partial charge < -0.3 is 34.2 Å². The number of benzene rings is 2. The molecule has 1 aromatic heterocycles. The van der Waals surface area contributed by atoms with E-state index < -0.39 is 0 Å². The Morgan fingerprint density at radius 3 is 1.45 bits per heavy atom. The molecule has 33 heavy (non-hydrogen) atoms. The summed E-state index contributed by atoms with van der Waals surface area (Å²) in [5, 5.41) is 4.29. The van der Waals surface area contributed by atoms with Crippen molar-refractivity contribution in [3.8, 4) is 56.9 Å². The van der Waals surface area contributed by atoms with Crippen molar-refractivity contribution in [2.75, 3.05) is 48.4 Å². The van der Waals surface area contributed by atoms with Gasteiger partial charge in [-0.3, -0.25) is 4.79 Å². The van der Waals surface area contributed by atoms with Crippen LogP contribution in [0.15, 0.2) is 24.3 Å². The van der Waals surface area contributed by atoms with Gasteiger partial charge >= 0.3 is 0 Å². The molecule has 10 heteroatoms. The van der Waals surface area contributed by atoms with E-state index in [0.29, 0.717) is 56.9 Å². The van der Waals surface area contributed by atoms with Crippen molar-refractivity contribution >= 4 is 11.7 Å². The number of nitrogen functional groups attached to an aromatic ring is 1. The van der Waals surface area contributed by atoms with Crippen LogP contribution in [0.3, 0.4) is 0 Å². The zero-order valence-corrected chi connectivity index (χ0v) is 19.6. The number of hydrogen-bond acceptors (Lipinski definition) is 9. The molecule has 0 saturated carbocycles. The van der Waals surface area contributed by atoms with Gasteiger partial charge in [0.2, 0.25) is 17.4 Å². The molecule has 0 aliphatic rings. The fourth-order valence-corrected chi connectivity index (χ4v) is 3.66. The molecule has 0 aliphatic heterocycles. The van der Waals surface area contributed by atoms with E-state index in [9.17, 15) is 4.79 Å². The van der Waals surface area contributed by atoms with Crippen molar-refractivity contribution in [2.24, 2.45) is 0 Å². The quantitative estimate of drug-likeness (QED) is 0.542. The molecule has 3 aromatic rings. The van der Waals surface area contributed by atoms with E-state index in [0.717, 1.165) is 0 Å². The maximum atomic E-state index is 12.5. The summed E-state index contributed by atoms with van der Waals surface area (Å²) in [5.74, 6) is 2.34. The Hall–Kier alpha value is -4.08. The highest BCUT2D eigenvalue weighted by molar-refractivity contribution is 5.95. The molecule has 0 saturated heterocycles. The third kappa shape index (κ3) is 4.07. The van der Waals surface area contributed by atoms with Gasteiger partial charge in [0.15, 0.2) is 28.8 Å². The summed E-state index contributed by atoms with van der Waals surface area (Å²) in [6.45, 7) is 1.40. The van der Waals surface area contributed by atoms with E-state index in [4.69, 9.17) is 34.2 Å². The second-order valence-electron chi connectivity index (χ2n) is 6.87. The van der Waals surface area contributed by atoms with Crippen LogP contribution in [0.1, 0.15) is 11.7 Å². The van der Waals surface area contributed by atoms with Gasteiger partial charge in [-0.15, -0.1) is 5.10 Å². The van der Waals surface area contributed by atoms with Crippen molar-refractivity contribution < 1.29 is 33.2 Å². The van der Waals surface area contributed by atoms with Gasteiger partial charge in [-0.2, -0.15) is 4.68 Å². The first-order valence-corrected chi connectivity index (χ1v) is 9.85. The van der Waals surface area contributed by atoms with Gasteiger partial charge in [0.25, 0.3) is 0 Å². The number of aromatic nitrogens is 2. The molecule has 2 N–H and O–H groups in total. The Balaban J connectivity index is 2.40. The van der Waals surface area contributed by atoms with Gasteiger partial charge in [0.1, 0.15) is 0 Å². The fourth-order valence-electron chi connectivity index (χ4n) is 3.66. The highest BCUT2D eigenvalue weighted by Gasteiger charge is 2.26. The standard InChI is InChI=1S/C23H27N3O7/c1-12(27)26-20(14-10-17(30-4)22(33-7)18(11-14)31-5)19(23(24)25-26)13-8-15(28-2)21(32-6)16(9-13)29-3/h8-11H,1-7H3,(H2,24,25). The van der Waals surface area contributed by atoms with E-state index in [1.54, 1.807) is 24.3 Å². The molecule has 10 nitrogen and oxygen atoms in total. The molecule has 1 heterocycles. The van der Waals surface area contributed by atoms with Crippen LogP contribution in [-0.4, -0.2) is 58.3 Å². The Kier molecular flexibility index (Phi) is 6.86. The summed E-state index contributed by atoms with van der Waals surface area (Å²) in [6, 6.07) is 6.92. The summed E-state index contributed by atoms with van der Waals surface area (Å²) >= 11 is 0. The van der Waals surface area contributed by atoms with E-state index in [2.05, 4.69) is 5.10 Å². The molecular weight excluding hydrogens is 430 g/mol. The molecule has 176 valence electrons. The first-order valence-electron chi connectivity index (χ1n) is 9.85. The van der Waals surface area contributed by atoms with E-state index in [1.165, 1.54) is 54.3 Å². The molecule has 0 radical (unpaired) electrons. The number of nitrogens with two attached hydrogens (primary N) is 1. The minimum absolute atomic E-state index is 0.142. The first-order chi connectivity index (χ1) is 15.8. The normalized spacial score (nSPS) is 10.5. The molecular formula is C23H27N3O7. The maximum Gasteiger partial charge on any atom is 0.244 e. The molecule has 0 aliphatic carbocycles. The van der Waals surface area contributed by atoms with Crippen LogP contribution in [0.4, 0.5) is 5.82 Å². The average molecular weight is 457 g/mol. The lowest BCUT2D eigenvalue weighted by Crippen LogP contribution is -2.10. The number of anilines is 1. The number of ether oxygens (including phenoxy) is 6. The molecule has 0 unspecified atom stereocenters. The summed E-state index contributed by atoms with van der Waals surface area (Å²) in [7, 11) is 9.09. The van der Waals surface area contributed by atoms with Crippen molar-refractivity contribution in [3.05, 3.63) is 24.3 Å². The maximum absolute atomic E-state index is 12.5. The Labute approximate surface area is 191 Å². The van der Waals surface area contributed by atoms with E-state index >= 15 is 0 Å². The molecule has 0 amide bonds. The second-order valence-corrected chi connectivity index (χ2v) is 6.87. The Morgan fingerprint density at radius 1 is 0.727 bits per heavy atom. The van der Waals surface area contributed by atoms with Crippen LogP contribution in [0.5, 0.6) is 34.5 Å². The number of methoxy groups -OCH3 is 6. The van der Waals surface area contributed by atoms with Crippen LogP contribution in [0, 0.1) is 0 Å². The fraction of sp³-hybridized carbons (Fsp3) is 0.304. The molecule has 0 fully saturated rings. The van der Waals surface area contributed by atoms with E-state index in [-0.39, 0.29) is 11.7 Å². The molecule has 0 atom stereocenters. The van der Waals surface area contributed by atoms with Crippen molar-refractivity contribution in [1.82, 2.24) is 9.78 Å². The average Bonchev–Trinajstić information content (AvgIpc) is 3.19. The summed E-state index contributed by atoms with van der Waals surface area (Å²) in [4.78, 5) is 12.5. The lowest BCUT2D eigenvalue weighted by Gasteiger charge is -2.17. The SMILES string of the molecule is COc1cc(-c2c(N)nn(C(C)=O)c2-c2cc(OC)c(OC)c(OC)c2)cc(OC)c1OC. The van der Waals surface area contributed by atoms with Crippen LogP contribution in [-0.2, 0) is 0 Å². The number of carbonyl (C=O) groups is 1. The van der Waals surface area contributed by atoms with Gasteiger partial charge in [-0.1, -0.05) is 0 Å². The number of hydrogen-bond donors (Lipinski definition) is 1. The molecule has 3 rings (SSSR count). The minimum atomic E-state index is -0.329. The zero-order chi connectivity index (χ0) is 24.3. The third-order valence-corrected chi connectivity index (χ3v) is 5.10. The topological polar surface area (TPSA) is 116 Å². The number of carbonyl (C=O) groups excluding carboxylic acids is 1. The minimum Gasteiger partial charge on any atom is -0.493 e. The van der Waals surface area contributed by atoms with Crippen molar-refractivity contribution in [3.63, 3.8) is 0 Å². The number of rotatable bonds is 8. The van der Waals surface area contributed by atoms with Crippen LogP contribution in [0.2, 0.25) is 0 Å². The lowest BCUT2D eigenvalue weighted by molar-refractivity contribution is 0.0923. The Bertz CT molecular complexity index is 1140. The van der Waals surface area contributed by atoms with Crippen molar-refractivity contribution in [2.45, 2.75) is 6.92 Å². The monoisotopic (exact) mass is 457 g/mol. The van der Waals surface area contributed by atoms with Gasteiger partial charge in [0, 0.05) is 12.5 Å². The number of nitrogens with zero attached hydrogens (tertiary/aromatic N) is 2. The summed E-state index contributed by atoms with van der Waals surface area (Å²) in [5.41, 5.74) is 8.44. The molecule has 0 spiro atoms. The van der Waals surface area contributed by atoms with Crippen LogP contribution < -0.4 is 34.2 Å². The largest absolute Gasteiger partial charge is 0.493 e. The summed E-state index contributed by atoms with van der Waals surface area (Å²) in [6.07, 6.45) is 0. The van der Waals surface area contributed by atoms with Gasteiger partial charge in [-0.05, 0) is 29.8 Å². The Morgan fingerprint density at radius 2 is 1.12 bits per heavy atom.